The van der Waals surface area contributed by atoms with Gasteiger partial charge in [-0.05, 0) is 12.5 Å². The van der Waals surface area contributed by atoms with Crippen LogP contribution >= 0.6 is 0 Å². The molecule has 1 rings (SSSR count). The summed E-state index contributed by atoms with van der Waals surface area (Å²) >= 11 is 0. The van der Waals surface area contributed by atoms with Crippen LogP contribution in [0.15, 0.2) is 24.3 Å². The highest BCUT2D eigenvalue weighted by Crippen LogP contribution is 2.30. The second-order valence-corrected chi connectivity index (χ2v) is 9.25. The maximum atomic E-state index is 11.6. The van der Waals surface area contributed by atoms with Gasteiger partial charge < -0.3 is 10.2 Å². The highest BCUT2D eigenvalue weighted by Gasteiger charge is 2.21. The molecule has 178 valence electrons. The molecule has 0 amide bonds. The standard InChI is InChI=1S/C28H48O3/c1-2-3-4-5-6-7-8-9-10-11-12-13-14-15-16-17-18-19-23-26(28(30)31)25-22-20-21-24-27(25)29/h20-22,24,26,29H,2-19,23H2,1H3,(H,30,31). The van der Waals surface area contributed by atoms with Crippen LogP contribution in [0, 0.1) is 0 Å². The van der Waals surface area contributed by atoms with Crippen molar-refractivity contribution in [2.24, 2.45) is 0 Å². The SMILES string of the molecule is CCCCCCCCCCCCCCCCCCCCC(C(=O)O)c1ccccc1O. The van der Waals surface area contributed by atoms with Gasteiger partial charge in [0.05, 0.1) is 5.92 Å². The smallest absolute Gasteiger partial charge is 0.311 e. The van der Waals surface area contributed by atoms with Crippen LogP contribution in [0.4, 0.5) is 0 Å². The number of para-hydroxylation sites is 1. The van der Waals surface area contributed by atoms with Crippen LogP contribution in [0.25, 0.3) is 0 Å². The maximum Gasteiger partial charge on any atom is 0.311 e. The Labute approximate surface area is 191 Å². The van der Waals surface area contributed by atoms with E-state index in [1.807, 2.05) is 0 Å². The largest absolute Gasteiger partial charge is 0.508 e. The van der Waals surface area contributed by atoms with Gasteiger partial charge in [0.25, 0.3) is 0 Å². The van der Waals surface area contributed by atoms with Crippen molar-refractivity contribution in [2.45, 2.75) is 135 Å². The van der Waals surface area contributed by atoms with Gasteiger partial charge >= 0.3 is 5.97 Å². The van der Waals surface area contributed by atoms with Crippen LogP contribution < -0.4 is 0 Å². The first kappa shape index (κ1) is 27.5. The number of carboxylic acid groups (broad SMARTS) is 1. The molecule has 0 saturated carbocycles. The Kier molecular flexibility index (Phi) is 17.0. The second-order valence-electron chi connectivity index (χ2n) is 9.25. The van der Waals surface area contributed by atoms with Gasteiger partial charge in [0.1, 0.15) is 5.75 Å². The Morgan fingerprint density at radius 3 is 1.45 bits per heavy atom. The highest BCUT2D eigenvalue weighted by atomic mass is 16.4. The molecule has 3 heteroatoms. The molecule has 0 aliphatic rings. The number of carboxylic acids is 1. The lowest BCUT2D eigenvalue weighted by atomic mass is 9.92. The van der Waals surface area contributed by atoms with Crippen LogP contribution in [0.5, 0.6) is 5.75 Å². The van der Waals surface area contributed by atoms with E-state index in [1.54, 1.807) is 24.3 Å². The highest BCUT2D eigenvalue weighted by molar-refractivity contribution is 5.77. The third-order valence-corrected chi connectivity index (χ3v) is 6.46. The normalized spacial score (nSPS) is 12.2. The van der Waals surface area contributed by atoms with Crippen LogP contribution in [0.2, 0.25) is 0 Å². The molecule has 0 spiro atoms. The molecule has 0 aromatic heterocycles. The van der Waals surface area contributed by atoms with Gasteiger partial charge in [-0.3, -0.25) is 4.79 Å². The lowest BCUT2D eigenvalue weighted by Gasteiger charge is -2.14. The van der Waals surface area contributed by atoms with Gasteiger partial charge in [-0.15, -0.1) is 0 Å². The lowest BCUT2D eigenvalue weighted by Crippen LogP contribution is -2.11. The van der Waals surface area contributed by atoms with E-state index in [0.29, 0.717) is 12.0 Å². The average molecular weight is 433 g/mol. The fourth-order valence-corrected chi connectivity index (χ4v) is 4.44. The predicted octanol–water partition coefficient (Wildman–Crippen LogP) is 8.99. The van der Waals surface area contributed by atoms with Crippen molar-refractivity contribution in [1.82, 2.24) is 0 Å². The van der Waals surface area contributed by atoms with Gasteiger partial charge in [0.2, 0.25) is 0 Å². The Morgan fingerprint density at radius 1 is 0.677 bits per heavy atom. The van der Waals surface area contributed by atoms with E-state index < -0.39 is 11.9 Å². The van der Waals surface area contributed by atoms with Crippen LogP contribution in [-0.4, -0.2) is 16.2 Å². The number of unbranched alkanes of at least 4 members (excludes halogenated alkanes) is 17. The Hall–Kier alpha value is -1.51. The summed E-state index contributed by atoms with van der Waals surface area (Å²) in [5.74, 6) is -1.34. The quantitative estimate of drug-likeness (QED) is 0.190. The summed E-state index contributed by atoms with van der Waals surface area (Å²) in [7, 11) is 0. The molecule has 0 saturated heterocycles. The molecular weight excluding hydrogens is 384 g/mol. The summed E-state index contributed by atoms with van der Waals surface area (Å²) in [4.78, 5) is 11.6. The Balaban J connectivity index is 1.89. The van der Waals surface area contributed by atoms with Crippen LogP contribution in [0.1, 0.15) is 140 Å². The van der Waals surface area contributed by atoms with E-state index >= 15 is 0 Å². The molecule has 0 aliphatic carbocycles. The van der Waals surface area contributed by atoms with E-state index in [2.05, 4.69) is 6.92 Å². The summed E-state index contributed by atoms with van der Waals surface area (Å²) in [6.45, 7) is 2.28. The van der Waals surface area contributed by atoms with E-state index in [9.17, 15) is 15.0 Å². The zero-order valence-corrected chi connectivity index (χ0v) is 20.1. The zero-order chi connectivity index (χ0) is 22.6. The molecule has 0 aliphatic heterocycles. The molecule has 2 N–H and O–H groups in total. The number of aromatic hydroxyl groups is 1. The Morgan fingerprint density at radius 2 is 1.06 bits per heavy atom. The molecule has 1 unspecified atom stereocenters. The monoisotopic (exact) mass is 432 g/mol. The molecule has 1 aromatic rings. The number of phenols is 1. The summed E-state index contributed by atoms with van der Waals surface area (Å²) in [6.07, 6.45) is 24.6. The molecular formula is C28H48O3. The van der Waals surface area contributed by atoms with E-state index in [4.69, 9.17) is 0 Å². The second kappa shape index (κ2) is 19.2. The molecule has 3 nitrogen and oxygen atoms in total. The number of phenolic OH excluding ortho intramolecular Hbond substituents is 1. The fourth-order valence-electron chi connectivity index (χ4n) is 4.44. The number of hydrogen-bond acceptors (Lipinski definition) is 2. The first-order chi connectivity index (χ1) is 15.2. The minimum Gasteiger partial charge on any atom is -0.508 e. The van der Waals surface area contributed by atoms with Crippen LogP contribution in [0.3, 0.4) is 0 Å². The van der Waals surface area contributed by atoms with Gasteiger partial charge in [0.15, 0.2) is 0 Å². The van der Waals surface area contributed by atoms with Crippen molar-refractivity contribution in [3.63, 3.8) is 0 Å². The molecule has 0 fully saturated rings. The van der Waals surface area contributed by atoms with E-state index in [-0.39, 0.29) is 5.75 Å². The van der Waals surface area contributed by atoms with Crippen molar-refractivity contribution in [1.29, 1.82) is 0 Å². The third kappa shape index (κ3) is 14.2. The van der Waals surface area contributed by atoms with Crippen LogP contribution in [-0.2, 0) is 4.79 Å². The molecule has 0 heterocycles. The third-order valence-electron chi connectivity index (χ3n) is 6.46. The van der Waals surface area contributed by atoms with E-state index in [0.717, 1.165) is 12.8 Å². The summed E-state index contributed by atoms with van der Waals surface area (Å²) in [6, 6.07) is 6.82. The maximum absolute atomic E-state index is 11.6. The van der Waals surface area contributed by atoms with Crippen molar-refractivity contribution in [3.8, 4) is 5.75 Å². The minimum absolute atomic E-state index is 0.0947. The summed E-state index contributed by atoms with van der Waals surface area (Å²) < 4.78 is 0. The minimum atomic E-state index is -0.839. The number of rotatable bonds is 21. The average Bonchev–Trinajstić information content (AvgIpc) is 2.76. The van der Waals surface area contributed by atoms with Crippen molar-refractivity contribution in [3.05, 3.63) is 29.8 Å². The number of benzene rings is 1. The molecule has 0 bridgehead atoms. The Bertz CT molecular complexity index is 555. The van der Waals surface area contributed by atoms with Gasteiger partial charge in [-0.2, -0.15) is 0 Å². The van der Waals surface area contributed by atoms with Crippen molar-refractivity contribution in [2.75, 3.05) is 0 Å². The number of carbonyl (C=O) groups is 1. The molecule has 1 aromatic carbocycles. The first-order valence-corrected chi connectivity index (χ1v) is 13.2. The van der Waals surface area contributed by atoms with Gasteiger partial charge in [0, 0.05) is 5.56 Å². The van der Waals surface area contributed by atoms with Crippen molar-refractivity contribution >= 4 is 5.97 Å². The zero-order valence-electron chi connectivity index (χ0n) is 20.1. The topological polar surface area (TPSA) is 57.5 Å². The summed E-state index contributed by atoms with van der Waals surface area (Å²) in [5.41, 5.74) is 0.543. The van der Waals surface area contributed by atoms with Gasteiger partial charge in [-0.25, -0.2) is 0 Å². The van der Waals surface area contributed by atoms with E-state index in [1.165, 1.54) is 103 Å². The lowest BCUT2D eigenvalue weighted by molar-refractivity contribution is -0.139. The van der Waals surface area contributed by atoms with Crippen molar-refractivity contribution < 1.29 is 15.0 Å². The predicted molar refractivity (Wildman–Crippen MR) is 132 cm³/mol. The fraction of sp³-hybridized carbons (Fsp3) is 0.750. The molecule has 31 heavy (non-hydrogen) atoms. The first-order valence-electron chi connectivity index (χ1n) is 13.2. The number of aliphatic carboxylic acids is 1. The van der Waals surface area contributed by atoms with Gasteiger partial charge in [-0.1, -0.05) is 141 Å². The number of hydrogen-bond donors (Lipinski definition) is 2. The molecule has 0 radical (unpaired) electrons. The molecule has 1 atom stereocenters. The summed E-state index contributed by atoms with van der Waals surface area (Å²) in [5, 5.41) is 19.4.